The van der Waals surface area contributed by atoms with Crippen molar-refractivity contribution in [2.75, 3.05) is 23.4 Å². The Labute approximate surface area is 199 Å². The number of hydrogen-bond donors (Lipinski definition) is 2. The third-order valence-electron chi connectivity index (χ3n) is 5.66. The van der Waals surface area contributed by atoms with Gasteiger partial charge in [0.05, 0.1) is 27.8 Å². The lowest BCUT2D eigenvalue weighted by molar-refractivity contribution is -0.124. The van der Waals surface area contributed by atoms with Gasteiger partial charge in [-0.05, 0) is 35.9 Å². The summed E-state index contributed by atoms with van der Waals surface area (Å²) in [7, 11) is 0. The van der Waals surface area contributed by atoms with E-state index in [2.05, 4.69) is 15.3 Å². The van der Waals surface area contributed by atoms with E-state index in [4.69, 9.17) is 4.74 Å². The van der Waals surface area contributed by atoms with Crippen molar-refractivity contribution in [2.45, 2.75) is 6.42 Å². The Kier molecular flexibility index (Phi) is 5.80. The molecule has 0 bridgehead atoms. The van der Waals surface area contributed by atoms with Crippen LogP contribution in [0, 0.1) is 0 Å². The Bertz CT molecular complexity index is 1530. The second kappa shape index (κ2) is 9.22. The first kappa shape index (κ1) is 22.0. The molecular formula is C26H20N4O5. The molecule has 2 N–H and O–H groups in total. The molecule has 0 fully saturated rings. The summed E-state index contributed by atoms with van der Waals surface area (Å²) in [6, 6.07) is 20.7. The molecule has 35 heavy (non-hydrogen) atoms. The van der Waals surface area contributed by atoms with Gasteiger partial charge in [-0.3, -0.25) is 19.3 Å². The number of rotatable bonds is 5. The van der Waals surface area contributed by atoms with E-state index in [-0.39, 0.29) is 30.0 Å². The summed E-state index contributed by atoms with van der Waals surface area (Å²) >= 11 is 0. The average molecular weight is 468 g/mol. The summed E-state index contributed by atoms with van der Waals surface area (Å²) < 4.78 is 5.31. The van der Waals surface area contributed by atoms with Crippen LogP contribution in [0.15, 0.2) is 77.6 Å². The maximum Gasteiger partial charge on any atom is 0.338 e. The molecule has 0 spiro atoms. The number of benzene rings is 3. The second-order valence-electron chi connectivity index (χ2n) is 7.99. The number of fused-ring (bicyclic) bond motifs is 2. The van der Waals surface area contributed by atoms with E-state index < -0.39 is 18.5 Å². The van der Waals surface area contributed by atoms with E-state index in [0.29, 0.717) is 33.7 Å². The average Bonchev–Trinajstić information content (AvgIpc) is 2.87. The lowest BCUT2D eigenvalue weighted by atomic mass is 10.0. The molecule has 1 aliphatic heterocycles. The quantitative estimate of drug-likeness (QED) is 0.435. The number of hydrogen-bond acceptors (Lipinski definition) is 6. The Morgan fingerprint density at radius 2 is 1.69 bits per heavy atom. The van der Waals surface area contributed by atoms with Crippen molar-refractivity contribution < 1.29 is 19.1 Å². The SMILES string of the molecule is O=C1CN(C(=O)COC(=O)c2ccccc2Cc2nc3ccccc3c(=O)[nH]2)c2ccccc2N1. The first-order valence-corrected chi connectivity index (χ1v) is 10.9. The van der Waals surface area contributed by atoms with Crippen LogP contribution < -0.4 is 15.8 Å². The zero-order valence-corrected chi connectivity index (χ0v) is 18.5. The molecule has 0 atom stereocenters. The molecular weight excluding hydrogens is 448 g/mol. The number of anilines is 2. The van der Waals surface area contributed by atoms with Gasteiger partial charge in [0.1, 0.15) is 12.4 Å². The first-order valence-electron chi connectivity index (χ1n) is 10.9. The van der Waals surface area contributed by atoms with Crippen molar-refractivity contribution in [3.8, 4) is 0 Å². The van der Waals surface area contributed by atoms with Crippen molar-refractivity contribution in [1.29, 1.82) is 0 Å². The summed E-state index contributed by atoms with van der Waals surface area (Å²) in [6.45, 7) is -0.690. The van der Waals surface area contributed by atoms with Gasteiger partial charge in [-0.1, -0.05) is 42.5 Å². The van der Waals surface area contributed by atoms with Crippen LogP contribution in [0.2, 0.25) is 0 Å². The fourth-order valence-electron chi connectivity index (χ4n) is 4.01. The van der Waals surface area contributed by atoms with E-state index >= 15 is 0 Å². The van der Waals surface area contributed by atoms with Crippen LogP contribution in [0.4, 0.5) is 11.4 Å². The van der Waals surface area contributed by atoms with Crippen LogP contribution in [-0.2, 0) is 20.7 Å². The van der Waals surface area contributed by atoms with Crippen LogP contribution in [0.3, 0.4) is 0 Å². The highest BCUT2D eigenvalue weighted by molar-refractivity contribution is 6.10. The van der Waals surface area contributed by atoms with Gasteiger partial charge in [0, 0.05) is 6.42 Å². The predicted molar refractivity (Wildman–Crippen MR) is 129 cm³/mol. The molecule has 174 valence electrons. The highest BCUT2D eigenvalue weighted by Crippen LogP contribution is 2.29. The van der Waals surface area contributed by atoms with Gasteiger partial charge in [-0.2, -0.15) is 0 Å². The zero-order chi connectivity index (χ0) is 24.4. The summed E-state index contributed by atoms with van der Waals surface area (Å²) in [5, 5.41) is 3.19. The van der Waals surface area contributed by atoms with Crippen molar-refractivity contribution in [1.82, 2.24) is 9.97 Å². The maximum atomic E-state index is 12.9. The van der Waals surface area contributed by atoms with E-state index in [0.717, 1.165) is 0 Å². The van der Waals surface area contributed by atoms with Gasteiger partial charge in [-0.15, -0.1) is 0 Å². The van der Waals surface area contributed by atoms with Gasteiger partial charge >= 0.3 is 5.97 Å². The van der Waals surface area contributed by atoms with Crippen LogP contribution >= 0.6 is 0 Å². The van der Waals surface area contributed by atoms with Gasteiger partial charge in [0.15, 0.2) is 6.61 Å². The molecule has 0 saturated heterocycles. The van der Waals surface area contributed by atoms with Crippen molar-refractivity contribution in [3.63, 3.8) is 0 Å². The van der Waals surface area contributed by atoms with Crippen LogP contribution in [-0.4, -0.2) is 40.9 Å². The molecule has 5 rings (SSSR count). The minimum Gasteiger partial charge on any atom is -0.452 e. The standard InChI is InChI=1S/C26H20N4O5/c31-23-14-30(21-12-6-5-11-20(21)28-23)24(32)15-35-26(34)17-8-2-1-7-16(17)13-22-27-19-10-4-3-9-18(19)25(33)29-22/h1-12H,13-15H2,(H,28,31)(H,27,29,33). The third-order valence-corrected chi connectivity index (χ3v) is 5.66. The van der Waals surface area contributed by atoms with Gasteiger partial charge < -0.3 is 15.0 Å². The van der Waals surface area contributed by atoms with Crippen LogP contribution in [0.5, 0.6) is 0 Å². The molecule has 3 aromatic carbocycles. The van der Waals surface area contributed by atoms with E-state index in [1.165, 1.54) is 4.90 Å². The molecule has 2 amide bonds. The number of nitrogens with zero attached hydrogens (tertiary/aromatic N) is 2. The van der Waals surface area contributed by atoms with E-state index in [1.807, 2.05) is 0 Å². The Morgan fingerprint density at radius 3 is 2.57 bits per heavy atom. The fourth-order valence-corrected chi connectivity index (χ4v) is 4.01. The molecule has 0 unspecified atom stereocenters. The number of para-hydroxylation sites is 3. The first-order chi connectivity index (χ1) is 17.0. The molecule has 1 aromatic heterocycles. The molecule has 0 radical (unpaired) electrons. The highest BCUT2D eigenvalue weighted by atomic mass is 16.5. The van der Waals surface area contributed by atoms with Gasteiger partial charge in [0.25, 0.3) is 11.5 Å². The Balaban J connectivity index is 1.32. The zero-order valence-electron chi connectivity index (χ0n) is 18.5. The third kappa shape index (κ3) is 4.51. The molecule has 0 saturated carbocycles. The fraction of sp³-hybridized carbons (Fsp3) is 0.115. The molecule has 9 heteroatoms. The summed E-state index contributed by atoms with van der Waals surface area (Å²) in [5.74, 6) is -1.13. The lowest BCUT2D eigenvalue weighted by Crippen LogP contribution is -2.44. The van der Waals surface area contributed by atoms with Crippen LogP contribution in [0.25, 0.3) is 10.9 Å². The Morgan fingerprint density at radius 1 is 0.943 bits per heavy atom. The van der Waals surface area contributed by atoms with Crippen LogP contribution in [0.1, 0.15) is 21.7 Å². The topological polar surface area (TPSA) is 121 Å². The summed E-state index contributed by atoms with van der Waals surface area (Å²) in [6.07, 6.45) is 0.193. The Hall–Kier alpha value is -4.79. The number of nitrogens with one attached hydrogen (secondary N) is 2. The largest absolute Gasteiger partial charge is 0.452 e. The maximum absolute atomic E-state index is 12.9. The molecule has 0 aliphatic carbocycles. The smallest absolute Gasteiger partial charge is 0.338 e. The van der Waals surface area contributed by atoms with E-state index in [9.17, 15) is 19.2 Å². The van der Waals surface area contributed by atoms with E-state index in [1.54, 1.807) is 72.8 Å². The molecule has 1 aliphatic rings. The number of amides is 2. The second-order valence-corrected chi connectivity index (χ2v) is 7.99. The number of carbonyl (C=O) groups is 3. The summed E-state index contributed by atoms with van der Waals surface area (Å²) in [4.78, 5) is 58.6. The minimum absolute atomic E-state index is 0.162. The number of esters is 1. The number of aromatic amines is 1. The number of aromatic nitrogens is 2. The molecule has 2 heterocycles. The number of carbonyl (C=O) groups excluding carboxylic acids is 3. The number of ether oxygens (including phenoxy) is 1. The van der Waals surface area contributed by atoms with Crippen molar-refractivity contribution in [3.05, 3.63) is 100 Å². The predicted octanol–water partition coefficient (Wildman–Crippen LogP) is 2.66. The summed E-state index contributed by atoms with van der Waals surface area (Å²) in [5.41, 5.74) is 2.20. The normalized spacial score (nSPS) is 12.7. The van der Waals surface area contributed by atoms with Gasteiger partial charge in [0.2, 0.25) is 5.91 Å². The number of H-pyrrole nitrogens is 1. The lowest BCUT2D eigenvalue weighted by Gasteiger charge is -2.28. The van der Waals surface area contributed by atoms with Gasteiger partial charge in [-0.25, -0.2) is 9.78 Å². The monoisotopic (exact) mass is 468 g/mol. The van der Waals surface area contributed by atoms with Crippen molar-refractivity contribution in [2.24, 2.45) is 0 Å². The molecule has 9 nitrogen and oxygen atoms in total. The minimum atomic E-state index is -0.688. The van der Waals surface area contributed by atoms with Crippen molar-refractivity contribution >= 4 is 40.1 Å². The highest BCUT2D eigenvalue weighted by Gasteiger charge is 2.27. The molecule has 4 aromatic rings.